The SMILES string of the molecule is C=CCNC(=NCCc1ccco1)NC1CCN(CCOC(C)C)CC1. The van der Waals surface area contributed by atoms with E-state index in [9.17, 15) is 0 Å². The molecule has 6 nitrogen and oxygen atoms in total. The van der Waals surface area contributed by atoms with Crippen molar-refractivity contribution in [2.24, 2.45) is 4.99 Å². The standard InChI is InChI=1S/C20H34N4O2/c1-4-10-21-20(22-11-7-19-6-5-15-26-19)23-18-8-12-24(13-9-18)14-16-25-17(2)3/h4-6,15,17-18H,1,7-14,16H2,2-3H3,(H2,21,22,23). The van der Waals surface area contributed by atoms with Gasteiger partial charge in [0.05, 0.1) is 19.0 Å². The fourth-order valence-electron chi connectivity index (χ4n) is 2.97. The summed E-state index contributed by atoms with van der Waals surface area (Å²) in [6, 6.07) is 4.35. The second-order valence-corrected chi connectivity index (χ2v) is 6.91. The average Bonchev–Trinajstić information content (AvgIpc) is 3.14. The molecule has 0 saturated carbocycles. The van der Waals surface area contributed by atoms with E-state index in [1.165, 1.54) is 0 Å². The summed E-state index contributed by atoms with van der Waals surface area (Å²) in [5.41, 5.74) is 0. The smallest absolute Gasteiger partial charge is 0.191 e. The van der Waals surface area contributed by atoms with Crippen LogP contribution in [0.1, 0.15) is 32.4 Å². The highest BCUT2D eigenvalue weighted by molar-refractivity contribution is 5.80. The highest BCUT2D eigenvalue weighted by Crippen LogP contribution is 2.10. The van der Waals surface area contributed by atoms with Crippen LogP contribution in [0.15, 0.2) is 40.5 Å². The summed E-state index contributed by atoms with van der Waals surface area (Å²) in [5, 5.41) is 6.88. The van der Waals surface area contributed by atoms with Gasteiger partial charge in [-0.25, -0.2) is 0 Å². The quantitative estimate of drug-likeness (QED) is 0.380. The third-order valence-electron chi connectivity index (χ3n) is 4.41. The molecule has 146 valence electrons. The first-order chi connectivity index (χ1) is 12.7. The lowest BCUT2D eigenvalue weighted by Crippen LogP contribution is -2.49. The summed E-state index contributed by atoms with van der Waals surface area (Å²) in [6.45, 7) is 13.4. The Bertz CT molecular complexity index is 520. The maximum absolute atomic E-state index is 5.65. The Morgan fingerprint density at radius 3 is 2.92 bits per heavy atom. The summed E-state index contributed by atoms with van der Waals surface area (Å²) >= 11 is 0. The number of furan rings is 1. The van der Waals surface area contributed by atoms with Crippen molar-refractivity contribution in [1.82, 2.24) is 15.5 Å². The molecule has 1 aromatic heterocycles. The van der Waals surface area contributed by atoms with Crippen molar-refractivity contribution in [2.75, 3.05) is 39.3 Å². The van der Waals surface area contributed by atoms with Crippen LogP contribution in [0.2, 0.25) is 0 Å². The van der Waals surface area contributed by atoms with Crippen LogP contribution in [0, 0.1) is 0 Å². The van der Waals surface area contributed by atoms with Crippen LogP contribution in [0.5, 0.6) is 0 Å². The second-order valence-electron chi connectivity index (χ2n) is 6.91. The van der Waals surface area contributed by atoms with Gasteiger partial charge in [0, 0.05) is 45.2 Å². The summed E-state index contributed by atoms with van der Waals surface area (Å²) in [6.07, 6.45) is 6.91. The molecule has 0 unspecified atom stereocenters. The van der Waals surface area contributed by atoms with Crippen LogP contribution < -0.4 is 10.6 Å². The van der Waals surface area contributed by atoms with Gasteiger partial charge in [-0.15, -0.1) is 6.58 Å². The fourth-order valence-corrected chi connectivity index (χ4v) is 2.97. The van der Waals surface area contributed by atoms with E-state index in [1.807, 2.05) is 18.2 Å². The number of nitrogens with one attached hydrogen (secondary N) is 2. The number of hydrogen-bond acceptors (Lipinski definition) is 4. The number of hydrogen-bond donors (Lipinski definition) is 2. The zero-order valence-corrected chi connectivity index (χ0v) is 16.2. The van der Waals surface area contributed by atoms with E-state index in [4.69, 9.17) is 9.15 Å². The van der Waals surface area contributed by atoms with Crippen molar-refractivity contribution in [1.29, 1.82) is 0 Å². The van der Waals surface area contributed by atoms with Crippen molar-refractivity contribution in [3.63, 3.8) is 0 Å². The molecule has 2 heterocycles. The molecule has 0 aromatic carbocycles. The highest BCUT2D eigenvalue weighted by atomic mass is 16.5. The third kappa shape index (κ3) is 8.06. The van der Waals surface area contributed by atoms with Gasteiger partial charge >= 0.3 is 0 Å². The molecule has 1 saturated heterocycles. The first-order valence-electron chi connectivity index (χ1n) is 9.69. The largest absolute Gasteiger partial charge is 0.469 e. The molecule has 26 heavy (non-hydrogen) atoms. The number of piperidine rings is 1. The second kappa shape index (κ2) is 11.8. The molecule has 1 aliphatic rings. The minimum absolute atomic E-state index is 0.310. The van der Waals surface area contributed by atoms with E-state index in [1.54, 1.807) is 6.26 Å². The van der Waals surface area contributed by atoms with E-state index in [0.29, 0.717) is 25.2 Å². The van der Waals surface area contributed by atoms with Crippen molar-refractivity contribution >= 4 is 5.96 Å². The number of aliphatic imine (C=N–C) groups is 1. The molecule has 1 fully saturated rings. The average molecular weight is 363 g/mol. The maximum atomic E-state index is 5.65. The van der Waals surface area contributed by atoms with Gasteiger partial charge in [0.1, 0.15) is 5.76 Å². The van der Waals surface area contributed by atoms with Gasteiger partial charge < -0.3 is 24.7 Å². The summed E-state index contributed by atoms with van der Waals surface area (Å²) in [7, 11) is 0. The Hall–Kier alpha value is -1.79. The summed E-state index contributed by atoms with van der Waals surface area (Å²) in [5.74, 6) is 1.83. The predicted octanol–water partition coefficient (Wildman–Crippen LogP) is 2.43. The zero-order valence-electron chi connectivity index (χ0n) is 16.2. The van der Waals surface area contributed by atoms with Gasteiger partial charge in [-0.2, -0.15) is 0 Å². The Kier molecular flexibility index (Phi) is 9.28. The van der Waals surface area contributed by atoms with E-state index in [2.05, 4.69) is 41.0 Å². The number of nitrogens with zero attached hydrogens (tertiary/aromatic N) is 2. The molecule has 0 spiro atoms. The van der Waals surface area contributed by atoms with E-state index in [-0.39, 0.29) is 0 Å². The number of ether oxygens (including phenoxy) is 1. The van der Waals surface area contributed by atoms with E-state index < -0.39 is 0 Å². The summed E-state index contributed by atoms with van der Waals surface area (Å²) in [4.78, 5) is 7.15. The lowest BCUT2D eigenvalue weighted by Gasteiger charge is -2.33. The molecule has 0 radical (unpaired) electrons. The van der Waals surface area contributed by atoms with Crippen molar-refractivity contribution in [3.8, 4) is 0 Å². The first kappa shape index (κ1) is 20.5. The topological polar surface area (TPSA) is 62.0 Å². The van der Waals surface area contributed by atoms with Gasteiger partial charge in [-0.3, -0.25) is 4.99 Å². The predicted molar refractivity (Wildman–Crippen MR) is 107 cm³/mol. The van der Waals surface area contributed by atoms with Crippen LogP contribution in [0.4, 0.5) is 0 Å². The van der Waals surface area contributed by atoms with E-state index >= 15 is 0 Å². The van der Waals surface area contributed by atoms with Gasteiger partial charge in [-0.05, 0) is 38.8 Å². The van der Waals surface area contributed by atoms with E-state index in [0.717, 1.165) is 57.2 Å². The van der Waals surface area contributed by atoms with Gasteiger partial charge in [0.25, 0.3) is 0 Å². The molecule has 0 atom stereocenters. The van der Waals surface area contributed by atoms with Gasteiger partial charge in [0.15, 0.2) is 5.96 Å². The highest BCUT2D eigenvalue weighted by Gasteiger charge is 2.19. The fraction of sp³-hybridized carbons (Fsp3) is 0.650. The Morgan fingerprint density at radius 2 is 2.27 bits per heavy atom. The molecule has 2 rings (SSSR count). The van der Waals surface area contributed by atoms with Gasteiger partial charge in [-0.1, -0.05) is 6.08 Å². The molecule has 6 heteroatoms. The van der Waals surface area contributed by atoms with Crippen LogP contribution in [-0.4, -0.2) is 62.3 Å². The minimum atomic E-state index is 0.310. The molecule has 0 bridgehead atoms. The minimum Gasteiger partial charge on any atom is -0.469 e. The van der Waals surface area contributed by atoms with Gasteiger partial charge in [0.2, 0.25) is 0 Å². The Morgan fingerprint density at radius 1 is 1.46 bits per heavy atom. The molecule has 1 aromatic rings. The molecule has 0 amide bonds. The van der Waals surface area contributed by atoms with Crippen molar-refractivity contribution in [3.05, 3.63) is 36.8 Å². The Labute approximate surface area is 157 Å². The number of guanidine groups is 1. The number of likely N-dealkylation sites (tertiary alicyclic amines) is 1. The lowest BCUT2D eigenvalue weighted by atomic mass is 10.1. The van der Waals surface area contributed by atoms with Crippen LogP contribution in [0.25, 0.3) is 0 Å². The monoisotopic (exact) mass is 362 g/mol. The number of rotatable bonds is 10. The summed E-state index contributed by atoms with van der Waals surface area (Å²) < 4.78 is 11.0. The van der Waals surface area contributed by atoms with Crippen LogP contribution in [0.3, 0.4) is 0 Å². The Balaban J connectivity index is 1.72. The first-order valence-corrected chi connectivity index (χ1v) is 9.69. The molecule has 0 aliphatic carbocycles. The molecule has 1 aliphatic heterocycles. The van der Waals surface area contributed by atoms with Crippen LogP contribution in [-0.2, 0) is 11.2 Å². The molecular formula is C20H34N4O2. The molecule has 2 N–H and O–H groups in total. The third-order valence-corrected chi connectivity index (χ3v) is 4.41. The molecular weight excluding hydrogens is 328 g/mol. The van der Waals surface area contributed by atoms with Crippen molar-refractivity contribution in [2.45, 2.75) is 45.3 Å². The normalized spacial score (nSPS) is 16.8. The maximum Gasteiger partial charge on any atom is 0.191 e. The zero-order chi connectivity index (χ0) is 18.6. The lowest BCUT2D eigenvalue weighted by molar-refractivity contribution is 0.0532. The van der Waals surface area contributed by atoms with Crippen LogP contribution >= 0.6 is 0 Å². The van der Waals surface area contributed by atoms with Crippen molar-refractivity contribution < 1.29 is 9.15 Å².